The zero-order chi connectivity index (χ0) is 24.5. The summed E-state index contributed by atoms with van der Waals surface area (Å²) in [6.07, 6.45) is 7.58. The van der Waals surface area contributed by atoms with Gasteiger partial charge in [-0.2, -0.15) is 0 Å². The second kappa shape index (κ2) is 10.1. The molecule has 8 heteroatoms. The molecular weight excluding hydrogens is 534 g/mol. The number of halogens is 1. The molecule has 2 fully saturated rings. The molecule has 36 heavy (non-hydrogen) atoms. The number of nitrogens with zero attached hydrogens (tertiary/aromatic N) is 4. The van der Waals surface area contributed by atoms with Crippen LogP contribution >= 0.6 is 27.7 Å². The van der Waals surface area contributed by atoms with Gasteiger partial charge in [-0.3, -0.25) is 14.8 Å². The zero-order valence-corrected chi connectivity index (χ0v) is 22.4. The number of rotatable bonds is 5. The fraction of sp³-hybridized carbons (Fsp3) is 0.357. The van der Waals surface area contributed by atoms with Crippen LogP contribution in [-0.2, 0) is 4.79 Å². The van der Waals surface area contributed by atoms with Crippen molar-refractivity contribution >= 4 is 60.9 Å². The Morgan fingerprint density at radius 2 is 1.86 bits per heavy atom. The third-order valence-electron chi connectivity index (χ3n) is 7.35. The van der Waals surface area contributed by atoms with Crippen molar-refractivity contribution in [3.05, 3.63) is 70.8 Å². The number of hydrogen-bond donors (Lipinski definition) is 1. The highest BCUT2D eigenvalue weighted by Gasteiger charge is 2.41. The molecule has 0 bridgehead atoms. The number of benzene rings is 2. The second-order valence-electron chi connectivity index (χ2n) is 9.74. The standard InChI is InChI=1S/C28H28BrN5OS/c29-21-10-8-19(9-11-21)26-27(33-28(32-26)12-14-34(15-13-28)23-5-3-6-23)36-18-25(35)31-22-16-20-4-1-2-7-24(20)30-17-22/h1-2,4,7-11,16-17,23H,3,5-6,12-15,18H2,(H,31,35). The molecule has 1 saturated heterocycles. The van der Waals surface area contributed by atoms with Crippen LogP contribution in [0.4, 0.5) is 5.69 Å². The molecule has 1 amide bonds. The number of fused-ring (bicyclic) bond motifs is 1. The third kappa shape index (κ3) is 4.99. The van der Waals surface area contributed by atoms with Gasteiger partial charge in [0.1, 0.15) is 5.04 Å². The summed E-state index contributed by atoms with van der Waals surface area (Å²) < 4.78 is 1.03. The topological polar surface area (TPSA) is 70.0 Å². The maximum absolute atomic E-state index is 12.9. The first-order valence-corrected chi connectivity index (χ1v) is 14.3. The van der Waals surface area contributed by atoms with Crippen LogP contribution in [0, 0.1) is 0 Å². The summed E-state index contributed by atoms with van der Waals surface area (Å²) in [5.41, 5.74) is 3.17. The minimum Gasteiger partial charge on any atom is -0.324 e. The van der Waals surface area contributed by atoms with Gasteiger partial charge in [-0.15, -0.1) is 0 Å². The van der Waals surface area contributed by atoms with Crippen LogP contribution in [0.2, 0.25) is 0 Å². The van der Waals surface area contributed by atoms with Crippen molar-refractivity contribution in [1.82, 2.24) is 9.88 Å². The minimum absolute atomic E-state index is 0.0734. The van der Waals surface area contributed by atoms with Crippen molar-refractivity contribution < 1.29 is 4.79 Å². The maximum atomic E-state index is 12.9. The van der Waals surface area contributed by atoms with Gasteiger partial charge in [0.25, 0.3) is 0 Å². The predicted molar refractivity (Wildman–Crippen MR) is 152 cm³/mol. The first-order valence-electron chi connectivity index (χ1n) is 12.5. The van der Waals surface area contributed by atoms with Crippen molar-refractivity contribution in [3.63, 3.8) is 0 Å². The first kappa shape index (κ1) is 23.8. The predicted octanol–water partition coefficient (Wildman–Crippen LogP) is 5.92. The molecule has 1 saturated carbocycles. The molecule has 0 radical (unpaired) electrons. The molecule has 1 aromatic heterocycles. The van der Waals surface area contributed by atoms with Gasteiger partial charge in [-0.1, -0.05) is 64.4 Å². The second-order valence-corrected chi connectivity index (χ2v) is 11.6. The zero-order valence-electron chi connectivity index (χ0n) is 20.0. The number of aliphatic imine (C=N–C) groups is 2. The Labute approximate surface area is 223 Å². The van der Waals surface area contributed by atoms with E-state index in [1.54, 1.807) is 6.20 Å². The molecule has 2 aliphatic heterocycles. The largest absolute Gasteiger partial charge is 0.324 e. The lowest BCUT2D eigenvalue weighted by Crippen LogP contribution is -2.48. The lowest BCUT2D eigenvalue weighted by atomic mass is 9.88. The van der Waals surface area contributed by atoms with Gasteiger partial charge >= 0.3 is 0 Å². The fourth-order valence-corrected chi connectivity index (χ4v) is 6.25. The summed E-state index contributed by atoms with van der Waals surface area (Å²) in [5.74, 6) is 0.196. The highest BCUT2D eigenvalue weighted by molar-refractivity contribution is 9.10. The number of likely N-dealkylation sites (tertiary alicyclic amines) is 1. The molecule has 1 spiro atoms. The number of anilines is 1. The lowest BCUT2D eigenvalue weighted by Gasteiger charge is -2.43. The Bertz CT molecular complexity index is 1340. The van der Waals surface area contributed by atoms with E-state index in [0.29, 0.717) is 5.69 Å². The summed E-state index contributed by atoms with van der Waals surface area (Å²) in [6, 6.07) is 18.8. The third-order valence-corrected chi connectivity index (χ3v) is 8.85. The van der Waals surface area contributed by atoms with Gasteiger partial charge in [0.05, 0.1) is 28.9 Å². The van der Waals surface area contributed by atoms with E-state index in [1.807, 2.05) is 42.5 Å². The number of piperidine rings is 1. The average Bonchev–Trinajstić information content (AvgIpc) is 3.21. The number of para-hydroxylation sites is 1. The number of amides is 1. The van der Waals surface area contributed by atoms with Crippen LogP contribution in [0.1, 0.15) is 37.7 Å². The van der Waals surface area contributed by atoms with Gasteiger partial charge in [0.2, 0.25) is 5.91 Å². The highest BCUT2D eigenvalue weighted by atomic mass is 79.9. The van der Waals surface area contributed by atoms with Gasteiger partial charge in [0, 0.05) is 47.4 Å². The van der Waals surface area contributed by atoms with E-state index >= 15 is 0 Å². The quantitative estimate of drug-likeness (QED) is 0.420. The highest BCUT2D eigenvalue weighted by Crippen LogP contribution is 2.38. The number of carbonyl (C=O) groups excluding carboxylic acids is 1. The molecule has 6 rings (SSSR count). The molecule has 0 atom stereocenters. The van der Waals surface area contributed by atoms with Crippen LogP contribution in [0.25, 0.3) is 10.9 Å². The van der Waals surface area contributed by atoms with E-state index in [0.717, 1.165) is 63.7 Å². The first-order chi connectivity index (χ1) is 17.6. The van der Waals surface area contributed by atoms with Crippen LogP contribution in [0.3, 0.4) is 0 Å². The van der Waals surface area contributed by atoms with Crippen LogP contribution in [0.5, 0.6) is 0 Å². The molecule has 6 nitrogen and oxygen atoms in total. The van der Waals surface area contributed by atoms with Gasteiger partial charge < -0.3 is 10.2 Å². The Kier molecular flexibility index (Phi) is 6.67. The van der Waals surface area contributed by atoms with E-state index in [9.17, 15) is 4.79 Å². The van der Waals surface area contributed by atoms with E-state index < -0.39 is 5.66 Å². The molecule has 3 aliphatic rings. The Hall–Kier alpha value is -2.55. The molecule has 3 heterocycles. The summed E-state index contributed by atoms with van der Waals surface area (Å²) in [4.78, 5) is 30.3. The van der Waals surface area contributed by atoms with E-state index in [4.69, 9.17) is 9.98 Å². The fourth-order valence-electron chi connectivity index (χ4n) is 5.11. The lowest BCUT2D eigenvalue weighted by molar-refractivity contribution is -0.113. The summed E-state index contributed by atoms with van der Waals surface area (Å²) in [7, 11) is 0. The maximum Gasteiger partial charge on any atom is 0.234 e. The molecule has 0 unspecified atom stereocenters. The van der Waals surface area contributed by atoms with Crippen LogP contribution in [0.15, 0.2) is 75.3 Å². The van der Waals surface area contributed by atoms with Crippen LogP contribution < -0.4 is 5.32 Å². The molecule has 1 aliphatic carbocycles. The van der Waals surface area contributed by atoms with E-state index in [2.05, 4.69) is 43.3 Å². The van der Waals surface area contributed by atoms with E-state index in [1.165, 1.54) is 31.0 Å². The number of aromatic nitrogens is 1. The molecule has 3 aromatic rings. The Morgan fingerprint density at radius 1 is 1.08 bits per heavy atom. The smallest absolute Gasteiger partial charge is 0.234 e. The summed E-state index contributed by atoms with van der Waals surface area (Å²) in [6.45, 7) is 2.08. The van der Waals surface area contributed by atoms with Crippen molar-refractivity contribution in [2.75, 3.05) is 24.2 Å². The van der Waals surface area contributed by atoms with Crippen molar-refractivity contribution in [2.45, 2.75) is 43.8 Å². The van der Waals surface area contributed by atoms with Crippen molar-refractivity contribution in [1.29, 1.82) is 0 Å². The summed E-state index contributed by atoms with van der Waals surface area (Å²) >= 11 is 5.00. The average molecular weight is 563 g/mol. The van der Waals surface area contributed by atoms with E-state index in [-0.39, 0.29) is 11.7 Å². The van der Waals surface area contributed by atoms with Gasteiger partial charge in [-0.25, -0.2) is 4.99 Å². The monoisotopic (exact) mass is 561 g/mol. The molecular formula is C28H28BrN5OS. The SMILES string of the molecule is O=C(CSC1=NC2(CCN(C3CCC3)CC2)N=C1c1ccc(Br)cc1)Nc1cnc2ccccc2c1. The minimum atomic E-state index is -0.399. The Balaban J connectivity index is 1.17. The number of thioether (sulfide) groups is 1. The Morgan fingerprint density at radius 3 is 2.61 bits per heavy atom. The van der Waals surface area contributed by atoms with Crippen molar-refractivity contribution in [3.8, 4) is 0 Å². The summed E-state index contributed by atoms with van der Waals surface area (Å²) in [5, 5.41) is 4.86. The van der Waals surface area contributed by atoms with Crippen molar-refractivity contribution in [2.24, 2.45) is 9.98 Å². The molecule has 1 N–H and O–H groups in total. The number of hydrogen-bond acceptors (Lipinski definition) is 6. The molecule has 184 valence electrons. The number of carbonyl (C=O) groups is 1. The van der Waals surface area contributed by atoms with Gasteiger partial charge in [0.15, 0.2) is 5.66 Å². The number of nitrogens with one attached hydrogen (secondary N) is 1. The normalized spacial score (nSPS) is 19.7. The molecule has 2 aromatic carbocycles. The number of pyridine rings is 1. The van der Waals surface area contributed by atoms with Gasteiger partial charge in [-0.05, 0) is 37.1 Å². The van der Waals surface area contributed by atoms with Crippen LogP contribution in [-0.4, -0.2) is 57.1 Å².